The number of anilines is 1. The van der Waals surface area contributed by atoms with Crippen LogP contribution in [0.1, 0.15) is 37.7 Å². The van der Waals surface area contributed by atoms with E-state index >= 15 is 0 Å². The Morgan fingerprint density at radius 3 is 2.61 bits per heavy atom. The topological polar surface area (TPSA) is 90.9 Å². The summed E-state index contributed by atoms with van der Waals surface area (Å²) < 4.78 is 54.3. The maximum absolute atomic E-state index is 13.9. The summed E-state index contributed by atoms with van der Waals surface area (Å²) in [7, 11) is -2.66. The van der Waals surface area contributed by atoms with E-state index in [1.807, 2.05) is 0 Å². The first kappa shape index (κ1) is 23.8. The first-order valence-electron chi connectivity index (χ1n) is 11.1. The number of fused-ring (bicyclic) bond motifs is 1. The highest BCUT2D eigenvalue weighted by Gasteiger charge is 2.36. The number of nitrogens with zero attached hydrogens (tertiary/aromatic N) is 2. The van der Waals surface area contributed by atoms with Crippen LogP contribution >= 0.6 is 7.14 Å². The van der Waals surface area contributed by atoms with E-state index in [9.17, 15) is 22.8 Å². The molecule has 0 bridgehead atoms. The summed E-state index contributed by atoms with van der Waals surface area (Å²) in [6.45, 7) is 3.09. The fourth-order valence-corrected chi connectivity index (χ4v) is 5.83. The molecule has 6 nitrogen and oxygen atoms in total. The molecular formula is C23H28F3N4O2P. The first-order valence-corrected chi connectivity index (χ1v) is 13.7. The predicted octanol–water partition coefficient (Wildman–Crippen LogP) is 5.24. The van der Waals surface area contributed by atoms with Crippen LogP contribution in [0.15, 0.2) is 30.6 Å². The predicted molar refractivity (Wildman–Crippen MR) is 124 cm³/mol. The van der Waals surface area contributed by atoms with E-state index in [4.69, 9.17) is 0 Å². The summed E-state index contributed by atoms with van der Waals surface area (Å²) in [5.41, 5.74) is -0.409. The Morgan fingerprint density at radius 2 is 1.97 bits per heavy atom. The molecule has 178 valence electrons. The molecule has 2 aromatic heterocycles. The number of H-pyrrole nitrogens is 1. The van der Waals surface area contributed by atoms with Crippen LogP contribution in [0.25, 0.3) is 22.2 Å². The zero-order chi connectivity index (χ0) is 23.8. The Labute approximate surface area is 190 Å². The number of hydrogen-bond acceptors (Lipinski definition) is 5. The van der Waals surface area contributed by atoms with Gasteiger partial charge in [0.05, 0.1) is 23.9 Å². The van der Waals surface area contributed by atoms with Gasteiger partial charge in [-0.1, -0.05) is 31.4 Å². The lowest BCUT2D eigenvalue weighted by molar-refractivity contribution is -0.137. The molecule has 1 fully saturated rings. The third kappa shape index (κ3) is 4.94. The summed E-state index contributed by atoms with van der Waals surface area (Å²) in [6.07, 6.45) is 2.79. The molecule has 1 saturated carbocycles. The molecule has 0 spiro atoms. The summed E-state index contributed by atoms with van der Waals surface area (Å²) >= 11 is 0. The van der Waals surface area contributed by atoms with Crippen molar-refractivity contribution < 1.29 is 22.8 Å². The van der Waals surface area contributed by atoms with E-state index in [0.29, 0.717) is 16.2 Å². The van der Waals surface area contributed by atoms with Crippen molar-refractivity contribution in [3.8, 4) is 11.3 Å². The van der Waals surface area contributed by atoms with Crippen LogP contribution in [-0.4, -0.2) is 46.0 Å². The van der Waals surface area contributed by atoms with Gasteiger partial charge in [0, 0.05) is 28.6 Å². The van der Waals surface area contributed by atoms with E-state index in [2.05, 4.69) is 20.3 Å². The van der Waals surface area contributed by atoms with Gasteiger partial charge in [-0.3, -0.25) is 0 Å². The molecule has 0 radical (unpaired) electrons. The third-order valence-electron chi connectivity index (χ3n) is 6.35. The van der Waals surface area contributed by atoms with Crippen LogP contribution in [0, 0.1) is 5.92 Å². The van der Waals surface area contributed by atoms with Crippen molar-refractivity contribution in [2.75, 3.05) is 25.3 Å². The molecule has 3 N–H and O–H groups in total. The quantitative estimate of drug-likeness (QED) is 0.420. The fraction of sp³-hybridized carbons (Fsp3) is 0.478. The molecular weight excluding hydrogens is 452 g/mol. The number of aliphatic hydroxyl groups excluding tert-OH is 1. The Hall–Kier alpha value is -2.38. The number of aliphatic hydroxyl groups is 1. The molecule has 1 atom stereocenters. The summed E-state index contributed by atoms with van der Waals surface area (Å²) in [5, 5.41) is 14.0. The molecule has 1 aliphatic carbocycles. The van der Waals surface area contributed by atoms with Crippen LogP contribution in [0.5, 0.6) is 0 Å². The summed E-state index contributed by atoms with van der Waals surface area (Å²) in [5.74, 6) is 0.266. The van der Waals surface area contributed by atoms with Crippen LogP contribution in [0.3, 0.4) is 0 Å². The van der Waals surface area contributed by atoms with Gasteiger partial charge in [0.2, 0.25) is 5.95 Å². The SMILES string of the molecule is CP(C)(=O)c1cccc2c(-c3nc(N[C@H](CO)C4CCCCC4)ncc3C(F)(F)F)c[nH]c12. The van der Waals surface area contributed by atoms with Crippen LogP contribution < -0.4 is 10.6 Å². The minimum absolute atomic E-state index is 0.0461. The molecule has 0 aliphatic heterocycles. The van der Waals surface area contributed by atoms with Crippen molar-refractivity contribution in [1.29, 1.82) is 0 Å². The first-order chi connectivity index (χ1) is 15.6. The second kappa shape index (κ2) is 9.11. The average Bonchev–Trinajstić information content (AvgIpc) is 3.20. The maximum atomic E-state index is 13.9. The Morgan fingerprint density at radius 1 is 1.24 bits per heavy atom. The van der Waals surface area contributed by atoms with Gasteiger partial charge in [0.1, 0.15) is 12.7 Å². The van der Waals surface area contributed by atoms with Gasteiger partial charge < -0.3 is 20.0 Å². The molecule has 33 heavy (non-hydrogen) atoms. The summed E-state index contributed by atoms with van der Waals surface area (Å²) in [6, 6.07) is 4.77. The molecule has 2 heterocycles. The lowest BCUT2D eigenvalue weighted by atomic mass is 9.84. The van der Waals surface area contributed by atoms with E-state index in [1.54, 1.807) is 31.5 Å². The second-order valence-corrected chi connectivity index (χ2v) is 12.2. The van der Waals surface area contributed by atoms with Gasteiger partial charge in [-0.2, -0.15) is 13.2 Å². The second-order valence-electron chi connectivity index (χ2n) is 9.04. The Balaban J connectivity index is 1.79. The standard InChI is InChI=1S/C23H28F3N4O2P/c1-33(2,32)19-10-6-9-15-16(11-27-21(15)19)20-17(23(24,25)26)12-28-22(30-20)29-18(13-31)14-7-4-3-5-8-14/h6,9-12,14,18,27,31H,3-5,7-8,13H2,1-2H3,(H,28,29,30)/t18-/m1/s1. The Kier molecular flexibility index (Phi) is 6.56. The number of nitrogens with one attached hydrogen (secondary N) is 2. The number of aromatic nitrogens is 3. The highest BCUT2D eigenvalue weighted by atomic mass is 31.2. The molecule has 10 heteroatoms. The number of alkyl halides is 3. The molecule has 0 unspecified atom stereocenters. The number of aromatic amines is 1. The fourth-order valence-electron chi connectivity index (χ4n) is 4.66. The highest BCUT2D eigenvalue weighted by Crippen LogP contribution is 2.42. The van der Waals surface area contributed by atoms with E-state index < -0.39 is 18.9 Å². The maximum Gasteiger partial charge on any atom is 0.419 e. The third-order valence-corrected chi connectivity index (χ3v) is 7.89. The molecule has 3 aromatic rings. The summed E-state index contributed by atoms with van der Waals surface area (Å²) in [4.78, 5) is 11.2. The molecule has 0 saturated heterocycles. The van der Waals surface area contributed by atoms with E-state index in [0.717, 1.165) is 38.3 Å². The smallest absolute Gasteiger partial charge is 0.394 e. The van der Waals surface area contributed by atoms with Crippen LogP contribution in [0.2, 0.25) is 0 Å². The van der Waals surface area contributed by atoms with Crippen LogP contribution in [-0.2, 0) is 10.7 Å². The normalized spacial score (nSPS) is 16.8. The number of benzene rings is 1. The number of rotatable bonds is 6. The van der Waals surface area contributed by atoms with Gasteiger partial charge in [-0.25, -0.2) is 9.97 Å². The zero-order valence-electron chi connectivity index (χ0n) is 18.6. The van der Waals surface area contributed by atoms with Gasteiger partial charge in [0.15, 0.2) is 0 Å². The van der Waals surface area contributed by atoms with Gasteiger partial charge in [-0.05, 0) is 38.2 Å². The number of halogens is 3. The number of hydrogen-bond donors (Lipinski definition) is 3. The van der Waals surface area contributed by atoms with Gasteiger partial charge in [0.25, 0.3) is 0 Å². The zero-order valence-corrected chi connectivity index (χ0v) is 19.5. The Bertz CT molecular complexity index is 1180. The van der Waals surface area contributed by atoms with E-state index in [1.165, 1.54) is 6.20 Å². The molecule has 1 aliphatic rings. The van der Waals surface area contributed by atoms with Crippen molar-refractivity contribution in [1.82, 2.24) is 15.0 Å². The lowest BCUT2D eigenvalue weighted by Gasteiger charge is -2.29. The lowest BCUT2D eigenvalue weighted by Crippen LogP contribution is -2.34. The molecule has 4 rings (SSSR count). The van der Waals surface area contributed by atoms with Crippen molar-refractivity contribution >= 4 is 29.3 Å². The van der Waals surface area contributed by atoms with Crippen molar-refractivity contribution in [3.05, 3.63) is 36.2 Å². The van der Waals surface area contributed by atoms with Gasteiger partial charge in [-0.15, -0.1) is 0 Å². The minimum atomic E-state index is -4.65. The van der Waals surface area contributed by atoms with Gasteiger partial charge >= 0.3 is 6.18 Å². The largest absolute Gasteiger partial charge is 0.419 e. The molecule has 0 amide bonds. The highest BCUT2D eigenvalue weighted by molar-refractivity contribution is 7.70. The van der Waals surface area contributed by atoms with Crippen molar-refractivity contribution in [3.63, 3.8) is 0 Å². The van der Waals surface area contributed by atoms with Crippen molar-refractivity contribution in [2.24, 2.45) is 5.92 Å². The van der Waals surface area contributed by atoms with E-state index in [-0.39, 0.29) is 35.8 Å². The molecule has 1 aromatic carbocycles. The van der Waals surface area contributed by atoms with Crippen LogP contribution in [0.4, 0.5) is 19.1 Å². The number of para-hydroxylation sites is 1. The van der Waals surface area contributed by atoms with Crippen molar-refractivity contribution in [2.45, 2.75) is 44.3 Å². The average molecular weight is 480 g/mol. The minimum Gasteiger partial charge on any atom is -0.394 e. The monoisotopic (exact) mass is 480 g/mol.